The van der Waals surface area contributed by atoms with Gasteiger partial charge in [0.05, 0.1) is 21.7 Å². The summed E-state index contributed by atoms with van der Waals surface area (Å²) in [6.45, 7) is 0.354. The molecule has 19 heavy (non-hydrogen) atoms. The van der Waals surface area contributed by atoms with E-state index in [-0.39, 0.29) is 5.69 Å². The first-order valence-corrected chi connectivity index (χ1v) is 6.27. The highest BCUT2D eigenvalue weighted by Gasteiger charge is 2.20. The standard InChI is InChI=1S/C11H8N4O3S/c16-15(17)11-8(12-5-7-3-4-18-14-7)1-2-9-10(11)13-6-19-9/h1-4,6,12H,5H2. The van der Waals surface area contributed by atoms with Gasteiger partial charge in [-0.25, -0.2) is 4.98 Å². The molecule has 0 aliphatic heterocycles. The normalized spacial score (nSPS) is 10.7. The number of anilines is 1. The molecule has 7 nitrogen and oxygen atoms in total. The molecule has 1 N–H and O–H groups in total. The van der Waals surface area contributed by atoms with Gasteiger partial charge in [0.25, 0.3) is 0 Å². The average Bonchev–Trinajstić information content (AvgIpc) is 3.06. The minimum atomic E-state index is -0.423. The van der Waals surface area contributed by atoms with E-state index in [2.05, 4.69) is 15.5 Å². The number of hydrogen-bond acceptors (Lipinski definition) is 7. The Hall–Kier alpha value is -2.48. The minimum Gasteiger partial charge on any atom is -0.374 e. The third-order valence-electron chi connectivity index (χ3n) is 2.61. The van der Waals surface area contributed by atoms with E-state index in [1.807, 2.05) is 6.07 Å². The smallest absolute Gasteiger partial charge is 0.319 e. The second-order valence-electron chi connectivity index (χ2n) is 3.76. The van der Waals surface area contributed by atoms with Crippen molar-refractivity contribution in [2.45, 2.75) is 6.54 Å². The van der Waals surface area contributed by atoms with Crippen LogP contribution in [-0.2, 0) is 6.54 Å². The van der Waals surface area contributed by atoms with E-state index in [4.69, 9.17) is 4.52 Å². The maximum Gasteiger partial charge on any atom is 0.319 e. The Morgan fingerprint density at radius 1 is 1.42 bits per heavy atom. The monoisotopic (exact) mass is 276 g/mol. The van der Waals surface area contributed by atoms with Gasteiger partial charge in [-0.05, 0) is 12.1 Å². The second-order valence-corrected chi connectivity index (χ2v) is 4.65. The molecule has 3 aromatic rings. The van der Waals surface area contributed by atoms with Gasteiger partial charge < -0.3 is 9.84 Å². The number of benzene rings is 1. The van der Waals surface area contributed by atoms with E-state index in [1.54, 1.807) is 17.6 Å². The van der Waals surface area contributed by atoms with Gasteiger partial charge in [0.1, 0.15) is 17.6 Å². The summed E-state index contributed by atoms with van der Waals surface area (Å²) in [7, 11) is 0. The number of nitro benzene ring substituents is 1. The molecule has 0 atom stereocenters. The minimum absolute atomic E-state index is 0.0118. The van der Waals surface area contributed by atoms with Gasteiger partial charge in [-0.15, -0.1) is 11.3 Å². The highest BCUT2D eigenvalue weighted by Crippen LogP contribution is 2.34. The van der Waals surface area contributed by atoms with Gasteiger partial charge in [0.2, 0.25) is 0 Å². The molecule has 0 aliphatic carbocycles. The van der Waals surface area contributed by atoms with Crippen LogP contribution in [0.4, 0.5) is 11.4 Å². The van der Waals surface area contributed by atoms with Gasteiger partial charge >= 0.3 is 5.69 Å². The largest absolute Gasteiger partial charge is 0.374 e. The predicted octanol–water partition coefficient (Wildman–Crippen LogP) is 2.80. The highest BCUT2D eigenvalue weighted by atomic mass is 32.1. The van der Waals surface area contributed by atoms with E-state index in [0.29, 0.717) is 23.4 Å². The number of nitro groups is 1. The molecule has 0 radical (unpaired) electrons. The summed E-state index contributed by atoms with van der Waals surface area (Å²) in [6.07, 6.45) is 1.45. The Labute approximate surface area is 111 Å². The summed E-state index contributed by atoms with van der Waals surface area (Å²) in [5.41, 5.74) is 3.08. The van der Waals surface area contributed by atoms with Crippen LogP contribution in [0.5, 0.6) is 0 Å². The number of thiazole rings is 1. The predicted molar refractivity (Wildman–Crippen MR) is 70.1 cm³/mol. The molecule has 2 aromatic heterocycles. The summed E-state index contributed by atoms with van der Waals surface area (Å²) in [4.78, 5) is 14.8. The zero-order valence-corrected chi connectivity index (χ0v) is 10.4. The van der Waals surface area contributed by atoms with Crippen LogP contribution in [0.15, 0.2) is 34.5 Å². The van der Waals surface area contributed by atoms with Gasteiger partial charge in [-0.1, -0.05) is 5.16 Å². The van der Waals surface area contributed by atoms with Crippen LogP contribution in [-0.4, -0.2) is 15.1 Å². The maximum absolute atomic E-state index is 11.2. The van der Waals surface area contributed by atoms with Crippen LogP contribution in [0, 0.1) is 10.1 Å². The van der Waals surface area contributed by atoms with Crippen molar-refractivity contribution < 1.29 is 9.45 Å². The molecular formula is C11H8N4O3S. The number of rotatable bonds is 4. The van der Waals surface area contributed by atoms with Gasteiger partial charge in [0, 0.05) is 6.07 Å². The first-order chi connectivity index (χ1) is 9.25. The Bertz CT molecular complexity index is 723. The van der Waals surface area contributed by atoms with Crippen molar-refractivity contribution >= 4 is 32.9 Å². The summed E-state index contributed by atoms with van der Waals surface area (Å²) >= 11 is 1.37. The Morgan fingerprint density at radius 2 is 2.32 bits per heavy atom. The quantitative estimate of drug-likeness (QED) is 0.581. The number of fused-ring (bicyclic) bond motifs is 1. The van der Waals surface area contributed by atoms with Gasteiger partial charge in [0.15, 0.2) is 5.52 Å². The molecule has 1 aromatic carbocycles. The molecule has 0 aliphatic rings. The zero-order chi connectivity index (χ0) is 13.2. The third-order valence-corrected chi connectivity index (χ3v) is 3.40. The van der Waals surface area contributed by atoms with Crippen LogP contribution in [0.1, 0.15) is 5.69 Å². The zero-order valence-electron chi connectivity index (χ0n) is 9.57. The molecule has 3 rings (SSSR count). The van der Waals surface area contributed by atoms with Crippen molar-refractivity contribution in [2.24, 2.45) is 0 Å². The Morgan fingerprint density at radius 3 is 3.05 bits per heavy atom. The lowest BCUT2D eigenvalue weighted by Gasteiger charge is -2.05. The van der Waals surface area contributed by atoms with Gasteiger partial charge in [-0.2, -0.15) is 0 Å². The van der Waals surface area contributed by atoms with Gasteiger partial charge in [-0.3, -0.25) is 10.1 Å². The van der Waals surface area contributed by atoms with E-state index < -0.39 is 4.92 Å². The summed E-state index contributed by atoms with van der Waals surface area (Å²) in [5, 5.41) is 17.9. The fourth-order valence-corrected chi connectivity index (χ4v) is 2.44. The number of hydrogen-bond donors (Lipinski definition) is 1. The number of nitrogens with zero attached hydrogens (tertiary/aromatic N) is 3. The lowest BCUT2D eigenvalue weighted by Crippen LogP contribution is -2.03. The van der Waals surface area contributed by atoms with Crippen LogP contribution in [0.25, 0.3) is 10.2 Å². The van der Waals surface area contributed by atoms with Crippen LogP contribution >= 0.6 is 11.3 Å². The Balaban J connectivity index is 1.97. The number of aromatic nitrogens is 2. The molecule has 0 spiro atoms. The molecule has 0 saturated carbocycles. The molecule has 0 unspecified atom stereocenters. The first-order valence-electron chi connectivity index (χ1n) is 5.39. The molecule has 8 heteroatoms. The van der Waals surface area contributed by atoms with Crippen molar-refractivity contribution in [1.29, 1.82) is 0 Å². The summed E-state index contributed by atoms with van der Waals surface area (Å²) in [5.74, 6) is 0. The Kier molecular flexibility index (Phi) is 2.84. The van der Waals surface area contributed by atoms with E-state index in [0.717, 1.165) is 4.70 Å². The summed E-state index contributed by atoms with van der Waals surface area (Å²) < 4.78 is 5.49. The first kappa shape index (κ1) is 11.6. The SMILES string of the molecule is O=[N+]([O-])c1c(NCc2ccon2)ccc2scnc12. The topological polar surface area (TPSA) is 94.1 Å². The fraction of sp³-hybridized carbons (Fsp3) is 0.0909. The fourth-order valence-electron chi connectivity index (χ4n) is 1.76. The van der Waals surface area contributed by atoms with Crippen LogP contribution in [0.2, 0.25) is 0 Å². The second kappa shape index (κ2) is 4.65. The van der Waals surface area contributed by atoms with Crippen molar-refractivity contribution in [2.75, 3.05) is 5.32 Å². The maximum atomic E-state index is 11.2. The molecule has 0 saturated heterocycles. The van der Waals surface area contributed by atoms with E-state index in [9.17, 15) is 10.1 Å². The molecule has 96 valence electrons. The van der Waals surface area contributed by atoms with Crippen LogP contribution in [0.3, 0.4) is 0 Å². The molecule has 0 amide bonds. The van der Waals surface area contributed by atoms with Crippen molar-refractivity contribution in [3.8, 4) is 0 Å². The number of nitrogens with one attached hydrogen (secondary N) is 1. The van der Waals surface area contributed by atoms with E-state index in [1.165, 1.54) is 17.6 Å². The van der Waals surface area contributed by atoms with E-state index >= 15 is 0 Å². The van der Waals surface area contributed by atoms with Crippen molar-refractivity contribution in [1.82, 2.24) is 10.1 Å². The highest BCUT2D eigenvalue weighted by molar-refractivity contribution is 7.16. The molecule has 0 bridgehead atoms. The van der Waals surface area contributed by atoms with Crippen molar-refractivity contribution in [3.63, 3.8) is 0 Å². The molecule has 0 fully saturated rings. The van der Waals surface area contributed by atoms with Crippen molar-refractivity contribution in [3.05, 3.63) is 45.8 Å². The average molecular weight is 276 g/mol. The van der Waals surface area contributed by atoms with Crippen LogP contribution < -0.4 is 5.32 Å². The molecular weight excluding hydrogens is 268 g/mol. The lowest BCUT2D eigenvalue weighted by molar-refractivity contribution is -0.382. The lowest BCUT2D eigenvalue weighted by atomic mass is 10.2. The third kappa shape index (κ3) is 2.13. The summed E-state index contributed by atoms with van der Waals surface area (Å²) in [6, 6.07) is 5.18. The molecule has 2 heterocycles.